The van der Waals surface area contributed by atoms with E-state index in [1.54, 1.807) is 19.4 Å². The number of benzene rings is 2. The van der Waals surface area contributed by atoms with Gasteiger partial charge in [-0.15, -0.1) is 0 Å². The topological polar surface area (TPSA) is 57.7 Å². The molecule has 1 saturated heterocycles. The number of hydrogen-bond donors (Lipinski definition) is 1. The molecule has 1 aliphatic rings. The number of rotatable bonds is 7. The van der Waals surface area contributed by atoms with Gasteiger partial charge in [0.2, 0.25) is 5.91 Å². The molecule has 0 spiro atoms. The summed E-state index contributed by atoms with van der Waals surface area (Å²) in [5.41, 5.74) is 1.54. The lowest BCUT2D eigenvalue weighted by Crippen LogP contribution is -2.46. The number of piperazine rings is 1. The summed E-state index contributed by atoms with van der Waals surface area (Å²) >= 11 is 0. The van der Waals surface area contributed by atoms with E-state index in [0.29, 0.717) is 17.8 Å². The maximum absolute atomic E-state index is 13.0. The van der Waals surface area contributed by atoms with Crippen LogP contribution in [-0.2, 0) is 23.9 Å². The predicted octanol–water partition coefficient (Wildman–Crippen LogP) is 4.61. The summed E-state index contributed by atoms with van der Waals surface area (Å²) in [7, 11) is 1.60. The second-order valence-corrected chi connectivity index (χ2v) is 8.44. The average molecular weight is 485 g/mol. The van der Waals surface area contributed by atoms with Gasteiger partial charge < -0.3 is 15.0 Å². The van der Waals surface area contributed by atoms with Crippen LogP contribution < -0.4 is 15.0 Å². The highest BCUT2D eigenvalue weighted by Gasteiger charge is 2.30. The lowest BCUT2D eigenvalue weighted by atomic mass is 10.1. The lowest BCUT2D eigenvalue weighted by molar-refractivity contribution is -0.137. The molecule has 0 radical (unpaired) electrons. The minimum Gasteiger partial charge on any atom is -0.497 e. The van der Waals surface area contributed by atoms with Crippen molar-refractivity contribution in [1.82, 2.24) is 9.88 Å². The van der Waals surface area contributed by atoms with Gasteiger partial charge in [-0.2, -0.15) is 13.2 Å². The van der Waals surface area contributed by atoms with E-state index >= 15 is 0 Å². The summed E-state index contributed by atoms with van der Waals surface area (Å²) in [6, 6.07) is 16.5. The molecule has 1 amide bonds. The SMILES string of the molecule is COc1ccc(CC(=O)Nc2ccc(N3CCN(Cc4cccc(C(F)(F)F)c4)CC3)nc2)cc1. The van der Waals surface area contributed by atoms with Gasteiger partial charge in [-0.1, -0.05) is 30.3 Å². The van der Waals surface area contributed by atoms with Crippen molar-refractivity contribution in [2.75, 3.05) is 43.5 Å². The van der Waals surface area contributed by atoms with Crippen LogP contribution in [0.5, 0.6) is 5.75 Å². The quantitative estimate of drug-likeness (QED) is 0.531. The molecule has 1 aromatic heterocycles. The molecule has 0 unspecified atom stereocenters. The van der Waals surface area contributed by atoms with Crippen LogP contribution in [0.25, 0.3) is 0 Å². The molecule has 35 heavy (non-hydrogen) atoms. The van der Waals surface area contributed by atoms with Crippen molar-refractivity contribution in [2.45, 2.75) is 19.1 Å². The van der Waals surface area contributed by atoms with E-state index in [0.717, 1.165) is 49.4 Å². The molecule has 9 heteroatoms. The molecule has 2 aromatic carbocycles. The van der Waals surface area contributed by atoms with E-state index in [2.05, 4.69) is 20.1 Å². The van der Waals surface area contributed by atoms with E-state index in [1.165, 1.54) is 12.1 Å². The van der Waals surface area contributed by atoms with Crippen molar-refractivity contribution in [3.8, 4) is 5.75 Å². The second kappa shape index (κ2) is 10.8. The number of anilines is 2. The summed E-state index contributed by atoms with van der Waals surface area (Å²) in [5.74, 6) is 1.41. The Bertz CT molecular complexity index is 1130. The number of alkyl halides is 3. The standard InChI is InChI=1S/C26H27F3N4O2/c1-35-23-8-5-19(6-9-23)16-25(34)31-22-7-10-24(30-17-22)33-13-11-32(12-14-33)18-20-3-2-4-21(15-20)26(27,28)29/h2-10,15,17H,11-14,16,18H2,1H3,(H,31,34). The molecule has 0 atom stereocenters. The zero-order chi connectivity index (χ0) is 24.8. The minimum atomic E-state index is -4.33. The zero-order valence-corrected chi connectivity index (χ0v) is 19.4. The molecule has 0 saturated carbocycles. The third-order valence-electron chi connectivity index (χ3n) is 5.91. The summed E-state index contributed by atoms with van der Waals surface area (Å²) < 4.78 is 44.0. The van der Waals surface area contributed by atoms with Crippen LogP contribution in [0, 0.1) is 0 Å². The van der Waals surface area contributed by atoms with Gasteiger partial charge in [0.25, 0.3) is 0 Å². The number of ether oxygens (including phenoxy) is 1. The summed E-state index contributed by atoms with van der Waals surface area (Å²) in [6.45, 7) is 3.35. The monoisotopic (exact) mass is 484 g/mol. The van der Waals surface area contributed by atoms with Gasteiger partial charge in [0, 0.05) is 32.7 Å². The van der Waals surface area contributed by atoms with Gasteiger partial charge in [-0.25, -0.2) is 4.98 Å². The van der Waals surface area contributed by atoms with E-state index in [1.807, 2.05) is 36.4 Å². The molecule has 1 fully saturated rings. The molecule has 0 bridgehead atoms. The molecule has 184 valence electrons. The average Bonchev–Trinajstić information content (AvgIpc) is 2.85. The van der Waals surface area contributed by atoms with E-state index < -0.39 is 11.7 Å². The summed E-state index contributed by atoms with van der Waals surface area (Å²) in [5, 5.41) is 2.86. The van der Waals surface area contributed by atoms with Crippen LogP contribution in [0.1, 0.15) is 16.7 Å². The Morgan fingerprint density at radius 2 is 1.74 bits per heavy atom. The molecule has 6 nitrogen and oxygen atoms in total. The number of carbonyl (C=O) groups excluding carboxylic acids is 1. The van der Waals surface area contributed by atoms with Crippen molar-refractivity contribution >= 4 is 17.4 Å². The Hall–Kier alpha value is -3.59. The Morgan fingerprint density at radius 3 is 2.37 bits per heavy atom. The van der Waals surface area contributed by atoms with Gasteiger partial charge in [0.15, 0.2) is 0 Å². The van der Waals surface area contributed by atoms with E-state index in [9.17, 15) is 18.0 Å². The van der Waals surface area contributed by atoms with Crippen LogP contribution >= 0.6 is 0 Å². The van der Waals surface area contributed by atoms with Crippen LogP contribution in [0.2, 0.25) is 0 Å². The van der Waals surface area contributed by atoms with Crippen LogP contribution in [0.3, 0.4) is 0 Å². The molecule has 3 aromatic rings. The number of pyridine rings is 1. The maximum Gasteiger partial charge on any atom is 0.416 e. The largest absolute Gasteiger partial charge is 0.497 e. The predicted molar refractivity (Wildman–Crippen MR) is 128 cm³/mol. The highest BCUT2D eigenvalue weighted by atomic mass is 19.4. The van der Waals surface area contributed by atoms with Crippen LogP contribution in [0.15, 0.2) is 66.9 Å². The smallest absolute Gasteiger partial charge is 0.416 e. The molecule has 4 rings (SSSR count). The number of amides is 1. The van der Waals surface area contributed by atoms with Crippen molar-refractivity contribution < 1.29 is 22.7 Å². The minimum absolute atomic E-state index is 0.132. The van der Waals surface area contributed by atoms with Crippen molar-refractivity contribution in [1.29, 1.82) is 0 Å². The molecule has 1 aliphatic heterocycles. The van der Waals surface area contributed by atoms with Gasteiger partial charge in [0.05, 0.1) is 31.0 Å². The van der Waals surface area contributed by atoms with Gasteiger partial charge >= 0.3 is 6.18 Å². The molecule has 0 aliphatic carbocycles. The van der Waals surface area contributed by atoms with Crippen LogP contribution in [0.4, 0.5) is 24.7 Å². The number of halogens is 3. The van der Waals surface area contributed by atoms with Crippen molar-refractivity contribution in [3.05, 3.63) is 83.6 Å². The number of nitrogens with zero attached hydrogens (tertiary/aromatic N) is 3. The van der Waals surface area contributed by atoms with Crippen molar-refractivity contribution in [2.24, 2.45) is 0 Å². The first-order chi connectivity index (χ1) is 16.8. The van der Waals surface area contributed by atoms with Gasteiger partial charge in [0.1, 0.15) is 11.6 Å². The fourth-order valence-electron chi connectivity index (χ4n) is 4.02. The first-order valence-corrected chi connectivity index (χ1v) is 11.3. The Morgan fingerprint density at radius 1 is 1.00 bits per heavy atom. The summed E-state index contributed by atoms with van der Waals surface area (Å²) in [4.78, 5) is 21.1. The molecular formula is C26H27F3N4O2. The molecule has 1 N–H and O–H groups in total. The van der Waals surface area contributed by atoms with Gasteiger partial charge in [-0.05, 0) is 41.5 Å². The number of hydrogen-bond acceptors (Lipinski definition) is 5. The highest BCUT2D eigenvalue weighted by Crippen LogP contribution is 2.30. The third-order valence-corrected chi connectivity index (χ3v) is 5.91. The first-order valence-electron chi connectivity index (χ1n) is 11.3. The normalized spacial score (nSPS) is 14.6. The fraction of sp³-hybridized carbons (Fsp3) is 0.308. The Kier molecular flexibility index (Phi) is 7.55. The number of aromatic nitrogens is 1. The molecule has 2 heterocycles. The number of methoxy groups -OCH3 is 1. The fourth-order valence-corrected chi connectivity index (χ4v) is 4.02. The zero-order valence-electron chi connectivity index (χ0n) is 19.4. The van der Waals surface area contributed by atoms with Crippen LogP contribution in [-0.4, -0.2) is 49.1 Å². The lowest BCUT2D eigenvalue weighted by Gasteiger charge is -2.35. The third kappa shape index (κ3) is 6.73. The highest BCUT2D eigenvalue weighted by molar-refractivity contribution is 5.92. The van der Waals surface area contributed by atoms with E-state index in [-0.39, 0.29) is 12.3 Å². The first kappa shape index (κ1) is 24.5. The number of carbonyl (C=O) groups is 1. The Labute approximate surface area is 202 Å². The summed E-state index contributed by atoms with van der Waals surface area (Å²) in [6.07, 6.45) is -2.45. The second-order valence-electron chi connectivity index (χ2n) is 8.44. The maximum atomic E-state index is 13.0. The van der Waals surface area contributed by atoms with Gasteiger partial charge in [-0.3, -0.25) is 9.69 Å². The number of nitrogens with one attached hydrogen (secondary N) is 1. The Balaban J connectivity index is 1.26. The molecular weight excluding hydrogens is 457 g/mol. The van der Waals surface area contributed by atoms with Crippen molar-refractivity contribution in [3.63, 3.8) is 0 Å². The van der Waals surface area contributed by atoms with E-state index in [4.69, 9.17) is 4.74 Å².